The van der Waals surface area contributed by atoms with Gasteiger partial charge in [0, 0.05) is 0 Å². The maximum Gasteiger partial charge on any atom is 4.00 e. The van der Waals surface area contributed by atoms with E-state index in [2.05, 4.69) is 0 Å². The van der Waals surface area contributed by atoms with Crippen molar-refractivity contribution in [2.45, 2.75) is 79.1 Å². The predicted molar refractivity (Wildman–Crippen MR) is 79.1 cm³/mol. The van der Waals surface area contributed by atoms with Crippen LogP contribution in [-0.2, 0) is 19.5 Å². The van der Waals surface area contributed by atoms with Gasteiger partial charge in [0.05, 0.1) is 0 Å². The molecule has 0 aromatic rings. The van der Waals surface area contributed by atoms with Crippen molar-refractivity contribution in [1.29, 1.82) is 0 Å². The fourth-order valence-electron chi connectivity index (χ4n) is 0.577. The molecule has 0 aromatic carbocycles. The summed E-state index contributed by atoms with van der Waals surface area (Å²) in [6, 6.07) is 0. The average Bonchev–Trinajstić information content (AvgIpc) is 2.44. The molecule has 0 aliphatic carbocycles. The molecular formula is C16H36O4Zn. The van der Waals surface area contributed by atoms with E-state index in [1.54, 1.807) is 0 Å². The molecule has 0 aliphatic rings. The summed E-state index contributed by atoms with van der Waals surface area (Å²) in [5, 5.41) is 38.1. The Labute approximate surface area is 145 Å². The van der Waals surface area contributed by atoms with Crippen LogP contribution in [0.4, 0.5) is 0 Å². The van der Waals surface area contributed by atoms with Crippen molar-refractivity contribution in [2.75, 3.05) is 26.4 Å². The molecule has 21 heavy (non-hydrogen) atoms. The molecule has 0 unspecified atom stereocenters. The molecule has 0 aliphatic heterocycles. The van der Waals surface area contributed by atoms with Crippen molar-refractivity contribution in [1.82, 2.24) is 0 Å². The predicted octanol–water partition coefficient (Wildman–Crippen LogP) is 0.585. The van der Waals surface area contributed by atoms with Crippen LogP contribution in [0.5, 0.6) is 0 Å². The summed E-state index contributed by atoms with van der Waals surface area (Å²) in [5.74, 6) is 0. The first-order valence-electron chi connectivity index (χ1n) is 7.98. The van der Waals surface area contributed by atoms with Gasteiger partial charge in [-0.05, 0) is 0 Å². The molecule has 0 saturated heterocycles. The first-order chi connectivity index (χ1) is 9.66. The smallest absolute Gasteiger partial charge is 0.854 e. The van der Waals surface area contributed by atoms with Gasteiger partial charge in [-0.3, -0.25) is 0 Å². The maximum absolute atomic E-state index is 9.53. The van der Waals surface area contributed by atoms with Crippen LogP contribution >= 0.6 is 0 Å². The number of unbranched alkanes of at least 4 members (excludes halogenated alkanes) is 4. The molecule has 0 bridgehead atoms. The molecule has 0 saturated carbocycles. The topological polar surface area (TPSA) is 92.2 Å². The summed E-state index contributed by atoms with van der Waals surface area (Å²) in [6.45, 7) is 8.42. The third-order valence-corrected chi connectivity index (χ3v) is 1.99. The quantitative estimate of drug-likeness (QED) is 0.594. The van der Waals surface area contributed by atoms with Gasteiger partial charge in [-0.1, -0.05) is 79.1 Å². The van der Waals surface area contributed by atoms with E-state index >= 15 is 0 Å². The van der Waals surface area contributed by atoms with E-state index in [9.17, 15) is 20.4 Å². The second kappa shape index (κ2) is 49.9. The second-order valence-corrected chi connectivity index (χ2v) is 4.23. The van der Waals surface area contributed by atoms with Crippen LogP contribution in [0.2, 0.25) is 0 Å². The Kier molecular flexibility index (Phi) is 78.8. The van der Waals surface area contributed by atoms with Crippen molar-refractivity contribution < 1.29 is 39.9 Å². The van der Waals surface area contributed by atoms with Crippen LogP contribution in [0.3, 0.4) is 0 Å². The molecular weight excluding hydrogens is 322 g/mol. The van der Waals surface area contributed by atoms with Gasteiger partial charge < -0.3 is 20.4 Å². The van der Waals surface area contributed by atoms with Crippen LogP contribution in [0.1, 0.15) is 79.1 Å². The van der Waals surface area contributed by atoms with Crippen LogP contribution in [0, 0.1) is 0 Å². The Hall–Kier alpha value is 0.463. The molecule has 0 fully saturated rings. The van der Waals surface area contributed by atoms with E-state index in [0.717, 1.165) is 51.4 Å². The minimum Gasteiger partial charge on any atom is -0.854 e. The zero-order chi connectivity index (χ0) is 16.5. The van der Waals surface area contributed by atoms with E-state index in [1.165, 1.54) is 0 Å². The van der Waals surface area contributed by atoms with Crippen LogP contribution < -0.4 is 20.4 Å². The molecule has 0 rings (SSSR count). The molecule has 5 heteroatoms. The minimum atomic E-state index is 0. The Morgan fingerprint density at radius 2 is 0.571 bits per heavy atom. The van der Waals surface area contributed by atoms with Gasteiger partial charge in [-0.25, -0.2) is 0 Å². The van der Waals surface area contributed by atoms with Crippen molar-refractivity contribution in [3.63, 3.8) is 0 Å². The minimum absolute atomic E-state index is 0. The van der Waals surface area contributed by atoms with Crippen molar-refractivity contribution >= 4 is 0 Å². The van der Waals surface area contributed by atoms with Gasteiger partial charge in [0.1, 0.15) is 0 Å². The van der Waals surface area contributed by atoms with E-state index < -0.39 is 0 Å². The zero-order valence-corrected chi connectivity index (χ0v) is 17.8. The molecule has 0 N–H and O–H groups in total. The molecule has 0 heterocycles. The Morgan fingerprint density at radius 3 is 0.571 bits per heavy atom. The Morgan fingerprint density at radius 1 is 0.429 bits per heavy atom. The number of rotatable bonds is 8. The van der Waals surface area contributed by atoms with Crippen molar-refractivity contribution in [2.24, 2.45) is 0 Å². The van der Waals surface area contributed by atoms with Gasteiger partial charge in [0.25, 0.3) is 0 Å². The van der Waals surface area contributed by atoms with E-state index in [-0.39, 0.29) is 45.9 Å². The summed E-state index contributed by atoms with van der Waals surface area (Å²) in [5.41, 5.74) is 0. The SMILES string of the molecule is CCCC[O-].CCCC[O-].CCCC[O-].CCCC[O-].[Zn+4]. The van der Waals surface area contributed by atoms with E-state index in [0.29, 0.717) is 0 Å². The molecule has 0 atom stereocenters. The largest absolute Gasteiger partial charge is 4.00 e. The van der Waals surface area contributed by atoms with Gasteiger partial charge >= 0.3 is 19.5 Å². The molecule has 0 amide bonds. The number of hydrogen-bond acceptors (Lipinski definition) is 4. The number of hydrogen-bond donors (Lipinski definition) is 0. The summed E-state index contributed by atoms with van der Waals surface area (Å²) in [7, 11) is 0. The van der Waals surface area contributed by atoms with Gasteiger partial charge in [0.15, 0.2) is 0 Å². The summed E-state index contributed by atoms with van der Waals surface area (Å²) < 4.78 is 0. The fraction of sp³-hybridized carbons (Fsp3) is 1.00. The Balaban J connectivity index is -0.0000000533. The van der Waals surface area contributed by atoms with Gasteiger partial charge in [-0.15, -0.1) is 26.4 Å². The summed E-state index contributed by atoms with van der Waals surface area (Å²) in [4.78, 5) is 0. The van der Waals surface area contributed by atoms with Crippen molar-refractivity contribution in [3.05, 3.63) is 0 Å². The van der Waals surface area contributed by atoms with E-state index in [1.807, 2.05) is 27.7 Å². The summed E-state index contributed by atoms with van der Waals surface area (Å²) in [6.07, 6.45) is 7.46. The van der Waals surface area contributed by atoms with Crippen molar-refractivity contribution in [3.8, 4) is 0 Å². The zero-order valence-electron chi connectivity index (χ0n) is 14.8. The third-order valence-electron chi connectivity index (χ3n) is 1.99. The Bertz CT molecular complexity index is 74.3. The third kappa shape index (κ3) is 97.4. The summed E-state index contributed by atoms with van der Waals surface area (Å²) >= 11 is 0. The standard InChI is InChI=1S/4C4H9O.Zn/c4*1-2-3-4-5;/h4*2-4H2,1H3;/q4*-1;+4. The normalized spacial score (nSPS) is 8.00. The second-order valence-electron chi connectivity index (χ2n) is 4.23. The van der Waals surface area contributed by atoms with Gasteiger partial charge in [-0.2, -0.15) is 0 Å². The average molecular weight is 358 g/mol. The van der Waals surface area contributed by atoms with E-state index in [4.69, 9.17) is 0 Å². The van der Waals surface area contributed by atoms with Crippen LogP contribution in [-0.4, -0.2) is 26.4 Å². The molecule has 126 valence electrons. The molecule has 4 nitrogen and oxygen atoms in total. The van der Waals surface area contributed by atoms with Gasteiger partial charge in [0.2, 0.25) is 0 Å². The molecule has 0 radical (unpaired) electrons. The maximum atomic E-state index is 9.53. The first kappa shape index (κ1) is 33.2. The first-order valence-corrected chi connectivity index (χ1v) is 7.98. The van der Waals surface area contributed by atoms with Crippen LogP contribution in [0.25, 0.3) is 0 Å². The molecule has 0 spiro atoms. The molecule has 0 aromatic heterocycles. The fourth-order valence-corrected chi connectivity index (χ4v) is 0.577. The van der Waals surface area contributed by atoms with Crippen LogP contribution in [0.15, 0.2) is 0 Å². The monoisotopic (exact) mass is 356 g/mol.